The maximum Gasteiger partial charge on any atom is 0.291 e. The molecule has 0 aromatic carbocycles. The van der Waals surface area contributed by atoms with E-state index in [0.29, 0.717) is 6.54 Å². The van der Waals surface area contributed by atoms with E-state index in [-0.39, 0.29) is 11.9 Å². The number of rotatable bonds is 5. The molecule has 0 saturated carbocycles. The Labute approximate surface area is 131 Å². The van der Waals surface area contributed by atoms with Crippen molar-refractivity contribution in [3.8, 4) is 0 Å². The van der Waals surface area contributed by atoms with Crippen molar-refractivity contribution in [1.82, 2.24) is 5.32 Å². The number of hydrogen-bond donors (Lipinski definition) is 2. The van der Waals surface area contributed by atoms with Crippen LogP contribution >= 0.6 is 34.8 Å². The number of alkyl halides is 3. The maximum absolute atomic E-state index is 11.9. The Kier molecular flexibility index (Phi) is 5.57. The number of nitrogens with one attached hydrogen (secondary N) is 1. The van der Waals surface area contributed by atoms with Crippen LogP contribution in [0.2, 0.25) is 0 Å². The SMILES string of the molecule is O=C(N[C@H]([NH2+]C[C@H]1CCCO1)C(Cl)(Cl)Cl)c1ccco1. The quantitative estimate of drug-likeness (QED) is 0.628. The van der Waals surface area contributed by atoms with Crippen LogP contribution in [0.25, 0.3) is 0 Å². The molecular weight excluding hydrogens is 327 g/mol. The van der Waals surface area contributed by atoms with Crippen LogP contribution in [0.1, 0.15) is 23.4 Å². The highest BCUT2D eigenvalue weighted by Crippen LogP contribution is 2.27. The molecule has 1 saturated heterocycles. The minimum absolute atomic E-state index is 0.130. The number of quaternary nitrogens is 1. The van der Waals surface area contributed by atoms with E-state index in [9.17, 15) is 4.79 Å². The van der Waals surface area contributed by atoms with Gasteiger partial charge in [0.05, 0.1) is 6.26 Å². The lowest BCUT2D eigenvalue weighted by atomic mass is 10.2. The van der Waals surface area contributed by atoms with Crippen LogP contribution in [0, 0.1) is 0 Å². The zero-order chi connectivity index (χ0) is 14.6. The highest BCUT2D eigenvalue weighted by Gasteiger charge is 2.38. The van der Waals surface area contributed by atoms with Crippen molar-refractivity contribution in [2.45, 2.75) is 28.9 Å². The van der Waals surface area contributed by atoms with Crippen LogP contribution in [0.5, 0.6) is 0 Å². The topological polar surface area (TPSA) is 68.1 Å². The predicted octanol–water partition coefficient (Wildman–Crippen LogP) is 1.45. The van der Waals surface area contributed by atoms with Gasteiger partial charge in [-0.2, -0.15) is 0 Å². The lowest BCUT2D eigenvalue weighted by molar-refractivity contribution is -0.697. The zero-order valence-electron chi connectivity index (χ0n) is 10.7. The number of ether oxygens (including phenoxy) is 1. The van der Waals surface area contributed by atoms with Crippen LogP contribution < -0.4 is 10.6 Å². The highest BCUT2D eigenvalue weighted by molar-refractivity contribution is 6.68. The van der Waals surface area contributed by atoms with Crippen LogP contribution in [-0.4, -0.2) is 35.1 Å². The first-order valence-electron chi connectivity index (χ1n) is 6.33. The van der Waals surface area contributed by atoms with E-state index in [1.807, 2.05) is 0 Å². The molecule has 2 heterocycles. The molecule has 1 fully saturated rings. The summed E-state index contributed by atoms with van der Waals surface area (Å²) in [6.45, 7) is 1.38. The molecule has 1 aliphatic rings. The molecule has 1 amide bonds. The molecule has 0 aliphatic carbocycles. The number of hydrogen-bond acceptors (Lipinski definition) is 3. The lowest BCUT2D eigenvalue weighted by Gasteiger charge is -2.24. The molecule has 0 radical (unpaired) electrons. The van der Waals surface area contributed by atoms with Crippen molar-refractivity contribution in [2.24, 2.45) is 0 Å². The summed E-state index contributed by atoms with van der Waals surface area (Å²) in [5.41, 5.74) is 0. The minimum Gasteiger partial charge on any atom is -0.459 e. The Bertz CT molecular complexity index is 428. The summed E-state index contributed by atoms with van der Waals surface area (Å²) >= 11 is 17.7. The van der Waals surface area contributed by atoms with Gasteiger partial charge in [0, 0.05) is 6.61 Å². The molecule has 2 atom stereocenters. The van der Waals surface area contributed by atoms with E-state index < -0.39 is 15.9 Å². The molecule has 1 aliphatic heterocycles. The minimum atomic E-state index is -1.62. The van der Waals surface area contributed by atoms with Gasteiger partial charge in [0.15, 0.2) is 5.76 Å². The normalized spacial score (nSPS) is 20.9. The van der Waals surface area contributed by atoms with E-state index in [0.717, 1.165) is 19.4 Å². The van der Waals surface area contributed by atoms with Gasteiger partial charge in [-0.1, -0.05) is 34.8 Å². The summed E-state index contributed by atoms with van der Waals surface area (Å²) in [6.07, 6.45) is 2.85. The largest absolute Gasteiger partial charge is 0.459 e. The number of nitrogens with two attached hydrogens (primary N) is 1. The first-order valence-corrected chi connectivity index (χ1v) is 7.46. The van der Waals surface area contributed by atoms with E-state index in [1.165, 1.54) is 6.26 Å². The molecular formula is C12H16Cl3N2O3+. The Hall–Kier alpha value is -0.460. The Morgan fingerprint density at radius 2 is 2.35 bits per heavy atom. The van der Waals surface area contributed by atoms with Gasteiger partial charge in [-0.25, -0.2) is 0 Å². The Morgan fingerprint density at radius 1 is 1.55 bits per heavy atom. The number of amides is 1. The third-order valence-corrected chi connectivity index (χ3v) is 3.75. The molecule has 112 valence electrons. The number of halogens is 3. The fraction of sp³-hybridized carbons (Fsp3) is 0.583. The molecule has 1 aromatic rings. The standard InChI is InChI=1S/C12H15Cl3N2O3/c13-12(14,15)11(16-7-8-3-1-5-19-8)17-10(18)9-4-2-6-20-9/h2,4,6,8,11,16H,1,3,5,7H2,(H,17,18)/p+1/t8-,11+/m1/s1. The van der Waals surface area contributed by atoms with E-state index in [1.54, 1.807) is 17.4 Å². The molecule has 2 rings (SSSR count). The maximum atomic E-state index is 11.9. The van der Waals surface area contributed by atoms with E-state index in [2.05, 4.69) is 5.32 Å². The lowest BCUT2D eigenvalue weighted by Crippen LogP contribution is -2.97. The average Bonchev–Trinajstić information content (AvgIpc) is 3.04. The number of carbonyl (C=O) groups is 1. The first-order chi connectivity index (χ1) is 9.47. The second kappa shape index (κ2) is 7.00. The van der Waals surface area contributed by atoms with Crippen LogP contribution in [0.4, 0.5) is 0 Å². The van der Waals surface area contributed by atoms with Gasteiger partial charge < -0.3 is 14.5 Å². The van der Waals surface area contributed by atoms with Crippen molar-refractivity contribution in [1.29, 1.82) is 0 Å². The average molecular weight is 343 g/mol. The van der Waals surface area contributed by atoms with Crippen molar-refractivity contribution < 1.29 is 19.3 Å². The molecule has 0 unspecified atom stereocenters. The summed E-state index contributed by atoms with van der Waals surface area (Å²) < 4.78 is 8.88. The predicted molar refractivity (Wildman–Crippen MR) is 76.0 cm³/mol. The molecule has 3 N–H and O–H groups in total. The molecule has 8 heteroatoms. The van der Waals surface area contributed by atoms with Gasteiger partial charge in [-0.3, -0.25) is 10.1 Å². The monoisotopic (exact) mass is 341 g/mol. The van der Waals surface area contributed by atoms with Gasteiger partial charge >= 0.3 is 0 Å². The van der Waals surface area contributed by atoms with Crippen LogP contribution in [0.15, 0.2) is 22.8 Å². The van der Waals surface area contributed by atoms with Gasteiger partial charge in [0.1, 0.15) is 12.6 Å². The van der Waals surface area contributed by atoms with Gasteiger partial charge in [0.2, 0.25) is 6.17 Å². The third kappa shape index (κ3) is 4.53. The van der Waals surface area contributed by atoms with Gasteiger partial charge in [-0.05, 0) is 25.0 Å². The Balaban J connectivity index is 1.91. The van der Waals surface area contributed by atoms with Crippen molar-refractivity contribution in [3.63, 3.8) is 0 Å². The van der Waals surface area contributed by atoms with Gasteiger partial charge in [0.25, 0.3) is 9.70 Å². The third-order valence-electron chi connectivity index (χ3n) is 3.04. The summed E-state index contributed by atoms with van der Waals surface area (Å²) in [7, 11) is 0. The second-order valence-electron chi connectivity index (χ2n) is 4.58. The van der Waals surface area contributed by atoms with E-state index in [4.69, 9.17) is 44.0 Å². The number of furan rings is 1. The molecule has 0 bridgehead atoms. The molecule has 0 spiro atoms. The van der Waals surface area contributed by atoms with Crippen LogP contribution in [-0.2, 0) is 4.74 Å². The zero-order valence-corrected chi connectivity index (χ0v) is 12.9. The summed E-state index contributed by atoms with van der Waals surface area (Å²) in [5.74, 6) is -0.246. The molecule has 1 aromatic heterocycles. The Morgan fingerprint density at radius 3 is 2.90 bits per heavy atom. The van der Waals surface area contributed by atoms with Crippen molar-refractivity contribution in [3.05, 3.63) is 24.2 Å². The summed E-state index contributed by atoms with van der Waals surface area (Å²) in [6, 6.07) is 3.17. The first kappa shape index (κ1) is 15.9. The van der Waals surface area contributed by atoms with Crippen molar-refractivity contribution >= 4 is 40.7 Å². The summed E-state index contributed by atoms with van der Waals surface area (Å²) in [4.78, 5) is 11.9. The summed E-state index contributed by atoms with van der Waals surface area (Å²) in [5, 5.41) is 4.41. The fourth-order valence-corrected chi connectivity index (χ4v) is 2.44. The highest BCUT2D eigenvalue weighted by atomic mass is 35.6. The van der Waals surface area contributed by atoms with E-state index >= 15 is 0 Å². The number of carbonyl (C=O) groups excluding carboxylic acids is 1. The molecule has 5 nitrogen and oxygen atoms in total. The second-order valence-corrected chi connectivity index (χ2v) is 6.95. The van der Waals surface area contributed by atoms with Crippen LogP contribution in [0.3, 0.4) is 0 Å². The molecule has 20 heavy (non-hydrogen) atoms. The fourth-order valence-electron chi connectivity index (χ4n) is 2.01. The smallest absolute Gasteiger partial charge is 0.291 e. The van der Waals surface area contributed by atoms with Crippen molar-refractivity contribution in [2.75, 3.05) is 13.2 Å². The van der Waals surface area contributed by atoms with Gasteiger partial charge in [-0.15, -0.1) is 0 Å².